The molecular formula is C17H22N2O3. The Balaban J connectivity index is 1.61. The number of carbonyl (C=O) groups excluding carboxylic acids is 2. The van der Waals surface area contributed by atoms with Crippen molar-refractivity contribution in [2.24, 2.45) is 11.7 Å². The SMILES string of the molecule is C[C@@H](Oc1ccc2c(c1)CCC2)C(=O)N1CC[C@H](C(N)=O)C1. The molecular weight excluding hydrogens is 280 g/mol. The largest absolute Gasteiger partial charge is 0.481 e. The van der Waals surface area contributed by atoms with Gasteiger partial charge in [0.25, 0.3) is 5.91 Å². The first-order valence-corrected chi connectivity index (χ1v) is 7.91. The van der Waals surface area contributed by atoms with Crippen LogP contribution in [-0.4, -0.2) is 35.9 Å². The van der Waals surface area contributed by atoms with E-state index in [1.165, 1.54) is 17.5 Å². The third-order valence-electron chi connectivity index (χ3n) is 4.63. The Morgan fingerprint density at radius 2 is 2.09 bits per heavy atom. The molecule has 1 fully saturated rings. The van der Waals surface area contributed by atoms with E-state index in [0.717, 1.165) is 18.6 Å². The summed E-state index contributed by atoms with van der Waals surface area (Å²) in [4.78, 5) is 25.3. The molecule has 0 saturated carbocycles. The summed E-state index contributed by atoms with van der Waals surface area (Å²) in [6, 6.07) is 6.07. The van der Waals surface area contributed by atoms with Gasteiger partial charge in [0, 0.05) is 13.1 Å². The van der Waals surface area contributed by atoms with Gasteiger partial charge < -0.3 is 15.4 Å². The summed E-state index contributed by atoms with van der Waals surface area (Å²) in [7, 11) is 0. The molecule has 2 atom stereocenters. The fourth-order valence-electron chi connectivity index (χ4n) is 3.33. The Morgan fingerprint density at radius 3 is 2.82 bits per heavy atom. The first-order chi connectivity index (χ1) is 10.5. The van der Waals surface area contributed by atoms with Crippen LogP contribution in [0.4, 0.5) is 0 Å². The van der Waals surface area contributed by atoms with Gasteiger partial charge in [-0.3, -0.25) is 9.59 Å². The number of amides is 2. The van der Waals surface area contributed by atoms with Crippen molar-refractivity contribution in [2.45, 2.75) is 38.7 Å². The minimum atomic E-state index is -0.550. The maximum Gasteiger partial charge on any atom is 0.263 e. The van der Waals surface area contributed by atoms with Crippen molar-refractivity contribution in [1.82, 2.24) is 4.90 Å². The average molecular weight is 302 g/mol. The van der Waals surface area contributed by atoms with Crippen molar-refractivity contribution < 1.29 is 14.3 Å². The maximum atomic E-state index is 12.4. The molecule has 5 heteroatoms. The number of hydrogen-bond acceptors (Lipinski definition) is 3. The summed E-state index contributed by atoms with van der Waals surface area (Å²) in [5.74, 6) is 0.107. The maximum absolute atomic E-state index is 12.4. The van der Waals surface area contributed by atoms with E-state index in [-0.39, 0.29) is 17.7 Å². The number of fused-ring (bicyclic) bond motifs is 1. The molecule has 2 N–H and O–H groups in total. The average Bonchev–Trinajstić information content (AvgIpc) is 3.15. The molecule has 1 saturated heterocycles. The molecule has 2 aliphatic rings. The lowest BCUT2D eigenvalue weighted by atomic mass is 10.1. The molecule has 1 aliphatic carbocycles. The highest BCUT2D eigenvalue weighted by Crippen LogP contribution is 2.27. The summed E-state index contributed by atoms with van der Waals surface area (Å²) in [5, 5.41) is 0. The van der Waals surface area contributed by atoms with Gasteiger partial charge in [-0.15, -0.1) is 0 Å². The van der Waals surface area contributed by atoms with Crippen LogP contribution in [0.1, 0.15) is 30.9 Å². The smallest absolute Gasteiger partial charge is 0.263 e. The van der Waals surface area contributed by atoms with Gasteiger partial charge in [0.15, 0.2) is 6.10 Å². The molecule has 1 aromatic rings. The van der Waals surface area contributed by atoms with Gasteiger partial charge in [-0.05, 0) is 55.9 Å². The molecule has 0 bridgehead atoms. The van der Waals surface area contributed by atoms with E-state index in [9.17, 15) is 9.59 Å². The highest BCUT2D eigenvalue weighted by molar-refractivity contribution is 5.83. The number of primary amides is 1. The van der Waals surface area contributed by atoms with Crippen LogP contribution in [-0.2, 0) is 22.4 Å². The topological polar surface area (TPSA) is 72.6 Å². The molecule has 1 heterocycles. The fourth-order valence-corrected chi connectivity index (χ4v) is 3.33. The van der Waals surface area contributed by atoms with Crippen LogP contribution >= 0.6 is 0 Å². The molecule has 5 nitrogen and oxygen atoms in total. The fraction of sp³-hybridized carbons (Fsp3) is 0.529. The summed E-state index contributed by atoms with van der Waals surface area (Å²) < 4.78 is 5.80. The van der Waals surface area contributed by atoms with E-state index in [2.05, 4.69) is 6.07 Å². The number of ether oxygens (including phenoxy) is 1. The molecule has 118 valence electrons. The summed E-state index contributed by atoms with van der Waals surface area (Å²) in [5.41, 5.74) is 8.01. The third-order valence-corrected chi connectivity index (χ3v) is 4.63. The van der Waals surface area contributed by atoms with E-state index >= 15 is 0 Å². The van der Waals surface area contributed by atoms with Crippen LogP contribution in [0.3, 0.4) is 0 Å². The van der Waals surface area contributed by atoms with E-state index in [4.69, 9.17) is 10.5 Å². The molecule has 0 aromatic heterocycles. The number of likely N-dealkylation sites (tertiary alicyclic amines) is 1. The lowest BCUT2D eigenvalue weighted by molar-refractivity contribution is -0.137. The van der Waals surface area contributed by atoms with Crippen molar-refractivity contribution in [1.29, 1.82) is 0 Å². The molecule has 0 radical (unpaired) electrons. The zero-order valence-electron chi connectivity index (χ0n) is 12.9. The summed E-state index contributed by atoms with van der Waals surface area (Å²) in [6.07, 6.45) is 3.50. The van der Waals surface area contributed by atoms with Crippen molar-refractivity contribution in [3.63, 3.8) is 0 Å². The van der Waals surface area contributed by atoms with Crippen molar-refractivity contribution in [3.8, 4) is 5.75 Å². The molecule has 1 aliphatic heterocycles. The van der Waals surface area contributed by atoms with Crippen LogP contribution in [0.25, 0.3) is 0 Å². The van der Waals surface area contributed by atoms with Crippen LogP contribution in [0.15, 0.2) is 18.2 Å². The zero-order valence-corrected chi connectivity index (χ0v) is 12.9. The lowest BCUT2D eigenvalue weighted by Crippen LogP contribution is -2.40. The van der Waals surface area contributed by atoms with Gasteiger partial charge in [-0.2, -0.15) is 0 Å². The predicted molar refractivity (Wildman–Crippen MR) is 82.4 cm³/mol. The molecule has 2 amide bonds. The van der Waals surface area contributed by atoms with Crippen molar-refractivity contribution in [3.05, 3.63) is 29.3 Å². The third kappa shape index (κ3) is 2.93. The van der Waals surface area contributed by atoms with Crippen molar-refractivity contribution >= 4 is 11.8 Å². The van der Waals surface area contributed by atoms with Crippen LogP contribution < -0.4 is 10.5 Å². The number of hydrogen-bond donors (Lipinski definition) is 1. The van der Waals surface area contributed by atoms with Gasteiger partial charge in [0.2, 0.25) is 5.91 Å². The first kappa shape index (κ1) is 14.9. The van der Waals surface area contributed by atoms with E-state index in [1.54, 1.807) is 11.8 Å². The molecule has 0 spiro atoms. The zero-order chi connectivity index (χ0) is 15.7. The van der Waals surface area contributed by atoms with Gasteiger partial charge in [-0.25, -0.2) is 0 Å². The van der Waals surface area contributed by atoms with Crippen LogP contribution in [0, 0.1) is 5.92 Å². The molecule has 22 heavy (non-hydrogen) atoms. The van der Waals surface area contributed by atoms with Crippen LogP contribution in [0.5, 0.6) is 5.75 Å². The quantitative estimate of drug-likeness (QED) is 0.910. The Hall–Kier alpha value is -2.04. The summed E-state index contributed by atoms with van der Waals surface area (Å²) in [6.45, 7) is 2.74. The Morgan fingerprint density at radius 1 is 1.32 bits per heavy atom. The van der Waals surface area contributed by atoms with Crippen LogP contribution in [0.2, 0.25) is 0 Å². The first-order valence-electron chi connectivity index (χ1n) is 7.91. The number of nitrogens with zero attached hydrogens (tertiary/aromatic N) is 1. The second-order valence-corrected chi connectivity index (χ2v) is 6.22. The molecule has 3 rings (SSSR count). The standard InChI is InChI=1S/C17H22N2O3/c1-11(17(21)19-8-7-14(10-19)16(18)20)22-15-6-5-12-3-2-4-13(12)9-15/h5-6,9,11,14H,2-4,7-8,10H2,1H3,(H2,18,20)/t11-,14+/m1/s1. The Bertz CT molecular complexity index is 600. The number of benzene rings is 1. The lowest BCUT2D eigenvalue weighted by Gasteiger charge is -2.22. The van der Waals surface area contributed by atoms with Crippen molar-refractivity contribution in [2.75, 3.05) is 13.1 Å². The normalized spacial score (nSPS) is 21.5. The van der Waals surface area contributed by atoms with E-state index < -0.39 is 6.10 Å². The van der Waals surface area contributed by atoms with Gasteiger partial charge >= 0.3 is 0 Å². The molecule has 1 aromatic carbocycles. The van der Waals surface area contributed by atoms with Gasteiger partial charge in [-0.1, -0.05) is 6.07 Å². The summed E-state index contributed by atoms with van der Waals surface area (Å²) >= 11 is 0. The minimum Gasteiger partial charge on any atom is -0.481 e. The minimum absolute atomic E-state index is 0.0794. The Kier molecular flexibility index (Phi) is 4.05. The number of nitrogens with two attached hydrogens (primary N) is 1. The second-order valence-electron chi connectivity index (χ2n) is 6.22. The highest BCUT2D eigenvalue weighted by Gasteiger charge is 2.32. The highest BCUT2D eigenvalue weighted by atomic mass is 16.5. The van der Waals surface area contributed by atoms with Gasteiger partial charge in [0.05, 0.1) is 5.92 Å². The number of carbonyl (C=O) groups is 2. The number of rotatable bonds is 4. The van der Waals surface area contributed by atoms with E-state index in [1.807, 2.05) is 12.1 Å². The second kappa shape index (κ2) is 5.99. The number of aryl methyl sites for hydroxylation is 2. The Labute approximate surface area is 130 Å². The van der Waals surface area contributed by atoms with Gasteiger partial charge in [0.1, 0.15) is 5.75 Å². The van der Waals surface area contributed by atoms with E-state index in [0.29, 0.717) is 19.5 Å². The molecule has 0 unspecified atom stereocenters. The monoisotopic (exact) mass is 302 g/mol. The predicted octanol–water partition coefficient (Wildman–Crippen LogP) is 1.28.